The first-order valence-corrected chi connectivity index (χ1v) is 7.10. The van der Waals surface area contributed by atoms with E-state index in [4.69, 9.17) is 10.9 Å². The number of halogens is 1. The van der Waals surface area contributed by atoms with Gasteiger partial charge in [0.05, 0.1) is 0 Å². The standard InChI is InChI=1S/C12H17BrN2OS/c1-12(2,11(14)15-16)7-8-17-10-5-3-9(13)4-6-10/h3-6,16H,7-8H2,1-2H3,(H2,14,15). The summed E-state index contributed by atoms with van der Waals surface area (Å²) in [6.45, 7) is 3.95. The second kappa shape index (κ2) is 6.31. The minimum atomic E-state index is -0.267. The fourth-order valence-corrected chi connectivity index (χ4v) is 2.66. The molecule has 0 heterocycles. The van der Waals surface area contributed by atoms with Crippen molar-refractivity contribution in [3.63, 3.8) is 0 Å². The molecule has 0 atom stereocenters. The van der Waals surface area contributed by atoms with Crippen LogP contribution in [0.1, 0.15) is 20.3 Å². The van der Waals surface area contributed by atoms with E-state index in [1.807, 2.05) is 26.0 Å². The number of benzene rings is 1. The highest BCUT2D eigenvalue weighted by Crippen LogP contribution is 2.27. The Bertz CT molecular complexity index is 390. The Labute approximate surface area is 115 Å². The highest BCUT2D eigenvalue weighted by atomic mass is 79.9. The second-order valence-electron chi connectivity index (χ2n) is 4.42. The van der Waals surface area contributed by atoms with Crippen molar-refractivity contribution < 1.29 is 5.21 Å². The Morgan fingerprint density at radius 2 is 2.00 bits per heavy atom. The Morgan fingerprint density at radius 3 is 2.53 bits per heavy atom. The molecule has 0 unspecified atom stereocenters. The molecule has 0 bridgehead atoms. The van der Waals surface area contributed by atoms with E-state index in [0.29, 0.717) is 0 Å². The van der Waals surface area contributed by atoms with Crippen molar-refractivity contribution in [2.45, 2.75) is 25.2 Å². The van der Waals surface area contributed by atoms with Gasteiger partial charge in [0.15, 0.2) is 0 Å². The van der Waals surface area contributed by atoms with E-state index < -0.39 is 0 Å². The van der Waals surface area contributed by atoms with Gasteiger partial charge in [0.25, 0.3) is 0 Å². The molecule has 1 aromatic carbocycles. The largest absolute Gasteiger partial charge is 0.409 e. The molecule has 0 aliphatic carbocycles. The van der Waals surface area contributed by atoms with Crippen LogP contribution in [0.2, 0.25) is 0 Å². The predicted octanol–water partition coefficient (Wildman–Crippen LogP) is 3.70. The molecule has 3 N–H and O–H groups in total. The molecule has 94 valence electrons. The summed E-state index contributed by atoms with van der Waals surface area (Å²) >= 11 is 5.18. The van der Waals surface area contributed by atoms with Crippen molar-refractivity contribution in [3.8, 4) is 0 Å². The number of hydrogen-bond donors (Lipinski definition) is 2. The molecule has 5 heteroatoms. The maximum atomic E-state index is 8.67. The van der Waals surface area contributed by atoms with Gasteiger partial charge in [-0.05, 0) is 36.4 Å². The van der Waals surface area contributed by atoms with Crippen LogP contribution in [-0.4, -0.2) is 16.8 Å². The number of nitrogens with two attached hydrogens (primary N) is 1. The highest BCUT2D eigenvalue weighted by molar-refractivity contribution is 9.10. The molecular formula is C12H17BrN2OS. The Kier molecular flexibility index (Phi) is 5.33. The van der Waals surface area contributed by atoms with Crippen LogP contribution in [0.3, 0.4) is 0 Å². The van der Waals surface area contributed by atoms with E-state index in [9.17, 15) is 0 Å². The molecule has 0 aliphatic heterocycles. The van der Waals surface area contributed by atoms with Crippen LogP contribution < -0.4 is 5.73 Å². The van der Waals surface area contributed by atoms with Crippen LogP contribution >= 0.6 is 27.7 Å². The van der Waals surface area contributed by atoms with Gasteiger partial charge in [-0.3, -0.25) is 0 Å². The fourth-order valence-electron chi connectivity index (χ4n) is 1.22. The number of thioether (sulfide) groups is 1. The zero-order valence-electron chi connectivity index (χ0n) is 9.98. The SMILES string of the molecule is CC(C)(CCSc1ccc(Br)cc1)C(N)=NO. The molecule has 0 fully saturated rings. The van der Waals surface area contributed by atoms with Crippen LogP contribution in [0.25, 0.3) is 0 Å². The summed E-state index contributed by atoms with van der Waals surface area (Å²) in [6.07, 6.45) is 0.865. The van der Waals surface area contributed by atoms with Crippen molar-refractivity contribution in [2.75, 3.05) is 5.75 Å². The quantitative estimate of drug-likeness (QED) is 0.286. The van der Waals surface area contributed by atoms with Crippen LogP contribution in [0.15, 0.2) is 38.8 Å². The molecule has 0 aliphatic rings. The van der Waals surface area contributed by atoms with Gasteiger partial charge < -0.3 is 10.9 Å². The van der Waals surface area contributed by atoms with Crippen molar-refractivity contribution in [1.29, 1.82) is 0 Å². The first-order chi connectivity index (χ1) is 7.95. The highest BCUT2D eigenvalue weighted by Gasteiger charge is 2.22. The number of hydrogen-bond acceptors (Lipinski definition) is 3. The van der Waals surface area contributed by atoms with Crippen LogP contribution in [0.5, 0.6) is 0 Å². The lowest BCUT2D eigenvalue weighted by Gasteiger charge is -2.22. The number of amidine groups is 1. The van der Waals surface area contributed by atoms with E-state index in [2.05, 4.69) is 33.2 Å². The van der Waals surface area contributed by atoms with E-state index in [-0.39, 0.29) is 11.3 Å². The monoisotopic (exact) mass is 316 g/mol. The Balaban J connectivity index is 2.45. The van der Waals surface area contributed by atoms with E-state index in [1.54, 1.807) is 11.8 Å². The summed E-state index contributed by atoms with van der Waals surface area (Å²) in [4.78, 5) is 1.23. The molecule has 0 spiro atoms. The molecule has 0 saturated carbocycles. The zero-order valence-corrected chi connectivity index (χ0v) is 12.4. The molecule has 0 aromatic heterocycles. The van der Waals surface area contributed by atoms with Gasteiger partial charge in [-0.25, -0.2) is 0 Å². The average molecular weight is 317 g/mol. The first-order valence-electron chi connectivity index (χ1n) is 5.32. The van der Waals surface area contributed by atoms with Crippen molar-refractivity contribution in [3.05, 3.63) is 28.7 Å². The molecule has 0 amide bonds. The van der Waals surface area contributed by atoms with Crippen molar-refractivity contribution in [2.24, 2.45) is 16.3 Å². The minimum absolute atomic E-state index is 0.267. The second-order valence-corrected chi connectivity index (χ2v) is 6.51. The molecule has 17 heavy (non-hydrogen) atoms. The van der Waals surface area contributed by atoms with Gasteiger partial charge in [-0.1, -0.05) is 34.9 Å². The molecule has 3 nitrogen and oxygen atoms in total. The summed E-state index contributed by atoms with van der Waals surface area (Å²) in [5, 5.41) is 11.7. The van der Waals surface area contributed by atoms with E-state index >= 15 is 0 Å². The van der Waals surface area contributed by atoms with Crippen LogP contribution in [0.4, 0.5) is 0 Å². The smallest absolute Gasteiger partial charge is 0.144 e. The lowest BCUT2D eigenvalue weighted by molar-refractivity contribution is 0.307. The van der Waals surface area contributed by atoms with Gasteiger partial charge in [-0.15, -0.1) is 11.8 Å². The van der Waals surface area contributed by atoms with Crippen molar-refractivity contribution >= 4 is 33.5 Å². The maximum Gasteiger partial charge on any atom is 0.144 e. The molecular weight excluding hydrogens is 300 g/mol. The summed E-state index contributed by atoms with van der Waals surface area (Å²) in [5.74, 6) is 1.22. The minimum Gasteiger partial charge on any atom is -0.409 e. The zero-order chi connectivity index (χ0) is 12.9. The topological polar surface area (TPSA) is 58.6 Å². The van der Waals surface area contributed by atoms with E-state index in [1.165, 1.54) is 4.90 Å². The molecule has 1 aromatic rings. The maximum absolute atomic E-state index is 8.67. The normalized spacial score (nSPS) is 12.8. The van der Waals surface area contributed by atoms with Gasteiger partial charge in [-0.2, -0.15) is 0 Å². The Hall–Kier alpha value is -0.680. The van der Waals surface area contributed by atoms with Gasteiger partial charge >= 0.3 is 0 Å². The van der Waals surface area contributed by atoms with Gasteiger partial charge in [0.1, 0.15) is 5.84 Å². The van der Waals surface area contributed by atoms with Crippen LogP contribution in [-0.2, 0) is 0 Å². The average Bonchev–Trinajstić information content (AvgIpc) is 2.30. The third-order valence-corrected chi connectivity index (χ3v) is 4.15. The summed E-state index contributed by atoms with van der Waals surface area (Å²) in [7, 11) is 0. The third-order valence-electron chi connectivity index (χ3n) is 2.61. The summed E-state index contributed by atoms with van der Waals surface area (Å²) in [5.41, 5.74) is 5.37. The summed E-state index contributed by atoms with van der Waals surface area (Å²) < 4.78 is 1.08. The predicted molar refractivity (Wildman–Crippen MR) is 76.7 cm³/mol. The number of oxime groups is 1. The lowest BCUT2D eigenvalue weighted by atomic mass is 9.89. The van der Waals surface area contributed by atoms with E-state index in [0.717, 1.165) is 16.6 Å². The number of nitrogens with zero attached hydrogens (tertiary/aromatic N) is 1. The Morgan fingerprint density at radius 1 is 1.41 bits per heavy atom. The molecule has 1 rings (SSSR count). The fraction of sp³-hybridized carbons (Fsp3) is 0.417. The molecule has 0 saturated heterocycles. The van der Waals surface area contributed by atoms with Crippen LogP contribution in [0, 0.1) is 5.41 Å². The lowest BCUT2D eigenvalue weighted by Crippen LogP contribution is -2.32. The third kappa shape index (κ3) is 4.60. The first kappa shape index (κ1) is 14.4. The number of rotatable bonds is 5. The van der Waals surface area contributed by atoms with Gasteiger partial charge in [0.2, 0.25) is 0 Å². The molecule has 0 radical (unpaired) electrons. The summed E-state index contributed by atoms with van der Waals surface area (Å²) in [6, 6.07) is 8.20. The van der Waals surface area contributed by atoms with Crippen molar-refractivity contribution in [1.82, 2.24) is 0 Å². The van der Waals surface area contributed by atoms with Gasteiger partial charge in [0, 0.05) is 14.8 Å².